The molecule has 18 heavy (non-hydrogen) atoms. The van der Waals surface area contributed by atoms with Crippen LogP contribution in [0, 0.1) is 6.92 Å². The molecule has 0 aliphatic rings. The highest BCUT2D eigenvalue weighted by Gasteiger charge is 2.12. The van der Waals surface area contributed by atoms with Crippen molar-refractivity contribution in [3.63, 3.8) is 0 Å². The van der Waals surface area contributed by atoms with Crippen LogP contribution in [-0.2, 0) is 0 Å². The lowest BCUT2D eigenvalue weighted by Crippen LogP contribution is -2.25. The zero-order valence-electron chi connectivity index (χ0n) is 11.0. The van der Waals surface area contributed by atoms with Crippen LogP contribution in [0.4, 0.5) is 11.5 Å². The molecule has 2 aromatic rings. The minimum absolute atomic E-state index is 0.345. The van der Waals surface area contributed by atoms with E-state index in [1.54, 1.807) is 0 Å². The van der Waals surface area contributed by atoms with Crippen LogP contribution in [0.15, 0.2) is 31.2 Å². The summed E-state index contributed by atoms with van der Waals surface area (Å²) in [6, 6.07) is 4.40. The number of nitrogens with zero attached hydrogens (tertiary/aromatic N) is 3. The number of nitrogen functional groups attached to an aromatic ring is 1. The van der Waals surface area contributed by atoms with Crippen LogP contribution in [0.5, 0.6) is 0 Å². The molecule has 2 N–H and O–H groups in total. The minimum atomic E-state index is 0.345. The highest BCUT2D eigenvalue weighted by Crippen LogP contribution is 2.28. The number of hydrogen-bond acceptors (Lipinski definition) is 4. The third-order valence-corrected chi connectivity index (χ3v) is 3.02. The molecule has 0 fully saturated rings. The maximum Gasteiger partial charge on any atom is 0.134 e. The minimum Gasteiger partial charge on any atom is -0.383 e. The van der Waals surface area contributed by atoms with E-state index in [0.29, 0.717) is 11.9 Å². The number of anilines is 2. The van der Waals surface area contributed by atoms with Gasteiger partial charge in [-0.2, -0.15) is 0 Å². The van der Waals surface area contributed by atoms with Gasteiger partial charge in [-0.3, -0.25) is 0 Å². The van der Waals surface area contributed by atoms with E-state index in [1.807, 2.05) is 18.3 Å². The molecule has 4 heteroatoms. The van der Waals surface area contributed by atoms with Gasteiger partial charge < -0.3 is 10.6 Å². The normalized spacial score (nSPS) is 10.9. The summed E-state index contributed by atoms with van der Waals surface area (Å²) in [5, 5.41) is 0.895. The molecule has 0 bridgehead atoms. The molecular formula is C14H18N4. The molecule has 0 aliphatic heterocycles. The van der Waals surface area contributed by atoms with Crippen molar-refractivity contribution in [2.45, 2.75) is 26.8 Å². The zero-order chi connectivity index (χ0) is 13.3. The van der Waals surface area contributed by atoms with Crippen LogP contribution in [0.2, 0.25) is 0 Å². The monoisotopic (exact) mass is 242 g/mol. The molecule has 4 nitrogen and oxygen atoms in total. The highest BCUT2D eigenvalue weighted by molar-refractivity contribution is 5.91. The molecular weight excluding hydrogens is 224 g/mol. The summed E-state index contributed by atoms with van der Waals surface area (Å²) >= 11 is 0. The first kappa shape index (κ1) is 12.4. The summed E-state index contributed by atoms with van der Waals surface area (Å²) in [5.41, 5.74) is 8.95. The van der Waals surface area contributed by atoms with E-state index in [-0.39, 0.29) is 0 Å². The number of benzene rings is 1. The molecule has 0 saturated heterocycles. The van der Waals surface area contributed by atoms with Gasteiger partial charge in [0.05, 0.1) is 5.52 Å². The van der Waals surface area contributed by atoms with Crippen LogP contribution in [0.1, 0.15) is 19.4 Å². The summed E-state index contributed by atoms with van der Waals surface area (Å²) in [6.07, 6.45) is 3.33. The van der Waals surface area contributed by atoms with Gasteiger partial charge in [0.1, 0.15) is 12.1 Å². The van der Waals surface area contributed by atoms with Gasteiger partial charge in [-0.05, 0) is 44.7 Å². The van der Waals surface area contributed by atoms with Crippen molar-refractivity contribution in [1.82, 2.24) is 9.97 Å². The van der Waals surface area contributed by atoms with E-state index in [9.17, 15) is 0 Å². The maximum absolute atomic E-state index is 5.86. The molecule has 0 radical (unpaired) electrons. The molecule has 0 aliphatic carbocycles. The number of aryl methyl sites for hydroxylation is 1. The van der Waals surface area contributed by atoms with Crippen LogP contribution in [0.3, 0.4) is 0 Å². The maximum atomic E-state index is 5.86. The lowest BCUT2D eigenvalue weighted by atomic mass is 10.1. The topological polar surface area (TPSA) is 55.0 Å². The van der Waals surface area contributed by atoms with Crippen molar-refractivity contribution in [1.29, 1.82) is 0 Å². The van der Waals surface area contributed by atoms with Gasteiger partial charge in [-0.1, -0.05) is 6.58 Å². The summed E-state index contributed by atoms with van der Waals surface area (Å²) in [7, 11) is 0. The first-order valence-electron chi connectivity index (χ1n) is 5.96. The standard InChI is InChI=1S/C14H18N4/c1-5-18(9(2)3)13-7-12-11(6-10(13)4)14(15)17-8-16-12/h5-9H,1H2,2-4H3,(H2,15,16,17). The Balaban J connectivity index is 2.66. The Hall–Kier alpha value is -2.10. The van der Waals surface area contributed by atoms with E-state index in [0.717, 1.165) is 22.2 Å². The summed E-state index contributed by atoms with van der Waals surface area (Å²) < 4.78 is 0. The number of aromatic nitrogens is 2. The van der Waals surface area contributed by atoms with E-state index < -0.39 is 0 Å². The Morgan fingerprint density at radius 3 is 2.67 bits per heavy atom. The van der Waals surface area contributed by atoms with E-state index in [1.165, 1.54) is 6.33 Å². The Bertz CT molecular complexity index is 590. The largest absolute Gasteiger partial charge is 0.383 e. The van der Waals surface area contributed by atoms with E-state index in [2.05, 4.69) is 42.2 Å². The number of rotatable bonds is 3. The number of nitrogens with two attached hydrogens (primary N) is 1. The molecule has 0 atom stereocenters. The first-order chi connectivity index (χ1) is 8.54. The second-order valence-corrected chi connectivity index (χ2v) is 4.60. The van der Waals surface area contributed by atoms with Crippen LogP contribution < -0.4 is 10.6 Å². The first-order valence-corrected chi connectivity index (χ1v) is 5.96. The SMILES string of the molecule is C=CN(c1cc2ncnc(N)c2cc1C)C(C)C. The summed E-state index contributed by atoms with van der Waals surface area (Å²) in [4.78, 5) is 10.4. The van der Waals surface area contributed by atoms with Crippen molar-refractivity contribution in [3.05, 3.63) is 36.8 Å². The Labute approximate surface area is 107 Å². The zero-order valence-corrected chi connectivity index (χ0v) is 11.0. The van der Waals surface area contributed by atoms with Crippen LogP contribution in [-0.4, -0.2) is 16.0 Å². The van der Waals surface area contributed by atoms with Crippen molar-refractivity contribution >= 4 is 22.4 Å². The van der Waals surface area contributed by atoms with Gasteiger partial charge in [0, 0.05) is 17.1 Å². The third-order valence-electron chi connectivity index (χ3n) is 3.02. The predicted molar refractivity (Wildman–Crippen MR) is 76.5 cm³/mol. The molecule has 0 saturated carbocycles. The lowest BCUT2D eigenvalue weighted by Gasteiger charge is -2.26. The fourth-order valence-corrected chi connectivity index (χ4v) is 2.09. The third kappa shape index (κ3) is 2.01. The fourth-order valence-electron chi connectivity index (χ4n) is 2.09. The molecule has 2 rings (SSSR count). The van der Waals surface area contributed by atoms with Crippen LogP contribution in [0.25, 0.3) is 10.9 Å². The predicted octanol–water partition coefficient (Wildman–Crippen LogP) is 2.88. The number of fused-ring (bicyclic) bond motifs is 1. The van der Waals surface area contributed by atoms with Gasteiger partial charge in [-0.15, -0.1) is 0 Å². The summed E-state index contributed by atoms with van der Waals surface area (Å²) in [6.45, 7) is 10.2. The van der Waals surface area contributed by atoms with E-state index in [4.69, 9.17) is 5.73 Å². The molecule has 0 amide bonds. The lowest BCUT2D eigenvalue weighted by molar-refractivity contribution is 0.782. The van der Waals surface area contributed by atoms with E-state index >= 15 is 0 Å². The molecule has 94 valence electrons. The molecule has 0 unspecified atom stereocenters. The highest BCUT2D eigenvalue weighted by atomic mass is 15.1. The second kappa shape index (κ2) is 4.64. The molecule has 1 aromatic carbocycles. The molecule has 1 aromatic heterocycles. The van der Waals surface area contributed by atoms with Crippen LogP contribution >= 0.6 is 0 Å². The van der Waals surface area contributed by atoms with Gasteiger partial charge in [0.2, 0.25) is 0 Å². The summed E-state index contributed by atoms with van der Waals surface area (Å²) in [5.74, 6) is 0.518. The Morgan fingerprint density at radius 1 is 1.33 bits per heavy atom. The molecule has 0 spiro atoms. The average Bonchev–Trinajstić information content (AvgIpc) is 2.31. The Morgan fingerprint density at radius 2 is 2.06 bits per heavy atom. The Kier molecular flexibility index (Phi) is 3.19. The number of hydrogen-bond donors (Lipinski definition) is 1. The van der Waals surface area contributed by atoms with Gasteiger partial charge in [-0.25, -0.2) is 9.97 Å². The van der Waals surface area contributed by atoms with Gasteiger partial charge in [0.15, 0.2) is 0 Å². The van der Waals surface area contributed by atoms with Crippen molar-refractivity contribution in [2.24, 2.45) is 0 Å². The average molecular weight is 242 g/mol. The van der Waals surface area contributed by atoms with Crippen molar-refractivity contribution in [2.75, 3.05) is 10.6 Å². The van der Waals surface area contributed by atoms with Gasteiger partial charge >= 0.3 is 0 Å². The quantitative estimate of drug-likeness (QED) is 0.899. The van der Waals surface area contributed by atoms with Crippen molar-refractivity contribution in [3.8, 4) is 0 Å². The molecule has 1 heterocycles. The fraction of sp³-hybridized carbons (Fsp3) is 0.286. The van der Waals surface area contributed by atoms with Crippen molar-refractivity contribution < 1.29 is 0 Å². The second-order valence-electron chi connectivity index (χ2n) is 4.60. The van der Waals surface area contributed by atoms with Gasteiger partial charge in [0.25, 0.3) is 0 Å². The smallest absolute Gasteiger partial charge is 0.134 e.